The van der Waals surface area contributed by atoms with Crippen molar-refractivity contribution in [2.24, 2.45) is 0 Å². The van der Waals surface area contributed by atoms with Gasteiger partial charge < -0.3 is 19.4 Å². The molecule has 2 fully saturated rings. The number of amides is 2. The molecule has 1 aromatic heterocycles. The lowest BCUT2D eigenvalue weighted by molar-refractivity contribution is -0.132. The SMILES string of the molecule is Cc1ccc(C(=O)N(CC(=O)N2CCN(c3ccc(-c4ccc(-c5ccccc5)cc4)nn3)CC2)C[C@H]2CCCO2)cc1. The molecule has 0 spiro atoms. The van der Waals surface area contributed by atoms with Gasteiger partial charge in [0.05, 0.1) is 11.8 Å². The van der Waals surface area contributed by atoms with Gasteiger partial charge in [-0.25, -0.2) is 0 Å². The maximum Gasteiger partial charge on any atom is 0.254 e. The number of ether oxygens (including phenoxy) is 1. The molecule has 0 N–H and O–H groups in total. The fourth-order valence-corrected chi connectivity index (χ4v) is 5.69. The molecule has 0 radical (unpaired) electrons. The molecule has 2 saturated heterocycles. The third kappa shape index (κ3) is 6.92. The minimum Gasteiger partial charge on any atom is -0.376 e. The van der Waals surface area contributed by atoms with Crippen LogP contribution in [0.3, 0.4) is 0 Å². The van der Waals surface area contributed by atoms with Gasteiger partial charge in [-0.2, -0.15) is 0 Å². The van der Waals surface area contributed by atoms with Crippen LogP contribution in [0.4, 0.5) is 5.82 Å². The highest BCUT2D eigenvalue weighted by molar-refractivity contribution is 5.96. The van der Waals surface area contributed by atoms with Crippen LogP contribution in [0.15, 0.2) is 91.0 Å². The normalized spacial score (nSPS) is 16.7. The summed E-state index contributed by atoms with van der Waals surface area (Å²) in [7, 11) is 0. The number of anilines is 1. The predicted octanol–water partition coefficient (Wildman–Crippen LogP) is 5.09. The van der Waals surface area contributed by atoms with Crippen molar-refractivity contribution in [1.29, 1.82) is 0 Å². The molecule has 2 aliphatic rings. The quantitative estimate of drug-likeness (QED) is 0.291. The Morgan fingerprint density at radius 2 is 1.51 bits per heavy atom. The Morgan fingerprint density at radius 3 is 2.16 bits per heavy atom. The lowest BCUT2D eigenvalue weighted by Gasteiger charge is -2.36. The summed E-state index contributed by atoms with van der Waals surface area (Å²) in [6.45, 7) is 5.61. The topological polar surface area (TPSA) is 78.9 Å². The van der Waals surface area contributed by atoms with Crippen molar-refractivity contribution in [3.63, 3.8) is 0 Å². The zero-order valence-electron chi connectivity index (χ0n) is 24.6. The van der Waals surface area contributed by atoms with Crippen molar-refractivity contribution in [3.05, 3.63) is 102 Å². The summed E-state index contributed by atoms with van der Waals surface area (Å²) >= 11 is 0. The highest BCUT2D eigenvalue weighted by Gasteiger charge is 2.28. The first kappa shape index (κ1) is 28.6. The van der Waals surface area contributed by atoms with Crippen LogP contribution in [0.1, 0.15) is 28.8 Å². The Bertz CT molecular complexity index is 1510. The molecule has 1 atom stereocenters. The lowest BCUT2D eigenvalue weighted by Crippen LogP contribution is -2.52. The molecule has 220 valence electrons. The number of carbonyl (C=O) groups is 2. The predicted molar refractivity (Wildman–Crippen MR) is 168 cm³/mol. The van der Waals surface area contributed by atoms with Gasteiger partial charge in [0.25, 0.3) is 5.91 Å². The first-order valence-electron chi connectivity index (χ1n) is 15.0. The molecule has 4 aromatic rings. The number of carbonyl (C=O) groups excluding carboxylic acids is 2. The van der Waals surface area contributed by atoms with Gasteiger partial charge in [0.1, 0.15) is 6.54 Å². The highest BCUT2D eigenvalue weighted by Crippen LogP contribution is 2.24. The number of rotatable bonds is 8. The maximum absolute atomic E-state index is 13.4. The summed E-state index contributed by atoms with van der Waals surface area (Å²) < 4.78 is 5.80. The molecule has 8 nitrogen and oxygen atoms in total. The first-order valence-corrected chi connectivity index (χ1v) is 15.0. The van der Waals surface area contributed by atoms with E-state index >= 15 is 0 Å². The lowest BCUT2D eigenvalue weighted by atomic mass is 10.0. The average molecular weight is 576 g/mol. The van der Waals surface area contributed by atoms with Crippen LogP contribution in [0, 0.1) is 6.92 Å². The Balaban J connectivity index is 1.05. The van der Waals surface area contributed by atoms with Crippen LogP contribution < -0.4 is 4.90 Å². The second-order valence-electron chi connectivity index (χ2n) is 11.3. The van der Waals surface area contributed by atoms with Gasteiger partial charge in [0.15, 0.2) is 5.82 Å². The largest absolute Gasteiger partial charge is 0.376 e. The summed E-state index contributed by atoms with van der Waals surface area (Å²) in [5.74, 6) is 0.623. The number of hydrogen-bond donors (Lipinski definition) is 0. The first-order chi connectivity index (χ1) is 21.0. The third-order valence-corrected chi connectivity index (χ3v) is 8.25. The number of aromatic nitrogens is 2. The van der Waals surface area contributed by atoms with Crippen LogP contribution >= 0.6 is 0 Å². The molecule has 8 heteroatoms. The van der Waals surface area contributed by atoms with Crippen LogP contribution in [-0.4, -0.2) is 83.8 Å². The third-order valence-electron chi connectivity index (χ3n) is 8.25. The second kappa shape index (κ2) is 13.2. The molecule has 3 heterocycles. The molecule has 0 saturated carbocycles. The monoisotopic (exact) mass is 575 g/mol. The van der Waals surface area contributed by atoms with Crippen molar-refractivity contribution in [3.8, 4) is 22.4 Å². The van der Waals surface area contributed by atoms with Gasteiger partial charge in [0, 0.05) is 50.5 Å². The van der Waals surface area contributed by atoms with Crippen LogP contribution in [0.5, 0.6) is 0 Å². The van der Waals surface area contributed by atoms with Crippen molar-refractivity contribution >= 4 is 17.6 Å². The Kier molecular flexibility index (Phi) is 8.75. The van der Waals surface area contributed by atoms with Gasteiger partial charge in [-0.1, -0.05) is 72.3 Å². The Hall–Kier alpha value is -4.56. The van der Waals surface area contributed by atoms with E-state index in [2.05, 4.69) is 51.5 Å². The van der Waals surface area contributed by atoms with Crippen molar-refractivity contribution in [2.75, 3.05) is 50.8 Å². The number of benzene rings is 3. The summed E-state index contributed by atoms with van der Waals surface area (Å²) in [4.78, 5) is 32.4. The molecule has 3 aromatic carbocycles. The zero-order valence-corrected chi connectivity index (χ0v) is 24.6. The summed E-state index contributed by atoms with van der Waals surface area (Å²) in [5, 5.41) is 9.00. The highest BCUT2D eigenvalue weighted by atomic mass is 16.5. The standard InChI is InChI=1S/C35H37N5O3/c1-26-9-11-30(12-10-26)35(42)40(24-31-8-5-23-43-31)25-34(41)39-21-19-38(20-22-39)33-18-17-32(36-37-33)29-15-13-28(14-16-29)27-6-3-2-4-7-27/h2-4,6-7,9-18,31H,5,8,19-25H2,1H3/t31-/m1/s1. The number of aryl methyl sites for hydroxylation is 1. The van der Waals surface area contributed by atoms with E-state index in [9.17, 15) is 9.59 Å². The summed E-state index contributed by atoms with van der Waals surface area (Å²) in [5.41, 5.74) is 5.87. The fraction of sp³-hybridized carbons (Fsp3) is 0.314. The van der Waals surface area contributed by atoms with Crippen LogP contribution in [-0.2, 0) is 9.53 Å². The van der Waals surface area contributed by atoms with Crippen molar-refractivity contribution < 1.29 is 14.3 Å². The van der Waals surface area contributed by atoms with E-state index in [1.54, 1.807) is 4.90 Å². The van der Waals surface area contributed by atoms with Gasteiger partial charge in [-0.15, -0.1) is 10.2 Å². The van der Waals surface area contributed by atoms with E-state index in [4.69, 9.17) is 4.74 Å². The molecule has 6 rings (SSSR count). The van der Waals surface area contributed by atoms with E-state index in [1.807, 2.05) is 66.4 Å². The minimum atomic E-state index is -0.132. The van der Waals surface area contributed by atoms with E-state index in [0.717, 1.165) is 41.0 Å². The Morgan fingerprint density at radius 1 is 0.814 bits per heavy atom. The molecule has 2 aliphatic heterocycles. The average Bonchev–Trinajstić information content (AvgIpc) is 3.58. The van der Waals surface area contributed by atoms with E-state index in [-0.39, 0.29) is 24.5 Å². The smallest absolute Gasteiger partial charge is 0.254 e. The molecule has 0 aliphatic carbocycles. The molecule has 2 amide bonds. The van der Waals surface area contributed by atoms with Gasteiger partial charge in [0.2, 0.25) is 5.91 Å². The van der Waals surface area contributed by atoms with E-state index in [0.29, 0.717) is 44.9 Å². The number of piperazine rings is 1. The van der Waals surface area contributed by atoms with E-state index < -0.39 is 0 Å². The fourth-order valence-electron chi connectivity index (χ4n) is 5.69. The molecular formula is C35H37N5O3. The van der Waals surface area contributed by atoms with Gasteiger partial charge >= 0.3 is 0 Å². The second-order valence-corrected chi connectivity index (χ2v) is 11.3. The Labute approximate surface area is 252 Å². The molecule has 0 bridgehead atoms. The molecule has 0 unspecified atom stereocenters. The molecule has 43 heavy (non-hydrogen) atoms. The summed E-state index contributed by atoms with van der Waals surface area (Å²) in [6.07, 6.45) is 1.86. The number of hydrogen-bond acceptors (Lipinski definition) is 6. The van der Waals surface area contributed by atoms with Gasteiger partial charge in [-0.3, -0.25) is 9.59 Å². The van der Waals surface area contributed by atoms with Crippen LogP contribution in [0.2, 0.25) is 0 Å². The van der Waals surface area contributed by atoms with Crippen molar-refractivity contribution in [2.45, 2.75) is 25.9 Å². The minimum absolute atomic E-state index is 0.0256. The number of nitrogens with zero attached hydrogens (tertiary/aromatic N) is 5. The van der Waals surface area contributed by atoms with E-state index in [1.165, 1.54) is 5.56 Å². The maximum atomic E-state index is 13.4. The van der Waals surface area contributed by atoms with Crippen LogP contribution in [0.25, 0.3) is 22.4 Å². The molecular weight excluding hydrogens is 538 g/mol. The zero-order chi connectivity index (χ0) is 29.6. The van der Waals surface area contributed by atoms with Gasteiger partial charge in [-0.05, 0) is 55.2 Å². The summed E-state index contributed by atoms with van der Waals surface area (Å²) in [6, 6.07) is 30.2. The van der Waals surface area contributed by atoms with Crippen molar-refractivity contribution in [1.82, 2.24) is 20.0 Å².